The van der Waals surface area contributed by atoms with Gasteiger partial charge in [0.25, 0.3) is 0 Å². The number of hydrogen-bond acceptors (Lipinski definition) is 9. The van der Waals surface area contributed by atoms with Crippen LogP contribution in [0.3, 0.4) is 0 Å². The Morgan fingerprint density at radius 2 is 1.80 bits per heavy atom. The van der Waals surface area contributed by atoms with E-state index in [-0.39, 0.29) is 36.0 Å². The van der Waals surface area contributed by atoms with Gasteiger partial charge in [-0.2, -0.15) is 4.31 Å². The minimum absolute atomic E-state index is 0.0107. The molecule has 0 aromatic heterocycles. The highest BCUT2D eigenvalue weighted by Crippen LogP contribution is 2.42. The monoisotopic (exact) mass is 763 g/mol. The van der Waals surface area contributed by atoms with E-state index in [1.807, 2.05) is 69.3 Å². The van der Waals surface area contributed by atoms with Crippen LogP contribution in [0.1, 0.15) is 68.6 Å². The zero-order valence-electron chi connectivity index (χ0n) is 32.4. The van der Waals surface area contributed by atoms with E-state index in [0.29, 0.717) is 39.2 Å². The maximum absolute atomic E-state index is 14.6. The van der Waals surface area contributed by atoms with Crippen LogP contribution < -0.4 is 19.7 Å². The van der Waals surface area contributed by atoms with E-state index in [1.165, 1.54) is 0 Å². The number of fused-ring (bicyclic) bond motifs is 1. The smallest absolute Gasteiger partial charge is 0.243 e. The van der Waals surface area contributed by atoms with E-state index in [2.05, 4.69) is 16.3 Å². The van der Waals surface area contributed by atoms with Crippen LogP contribution in [0.5, 0.6) is 11.5 Å². The highest BCUT2D eigenvalue weighted by atomic mass is 32.2. The Balaban J connectivity index is 1.30. The van der Waals surface area contributed by atoms with Gasteiger partial charge in [-0.3, -0.25) is 4.79 Å². The minimum Gasteiger partial charge on any atom is -0.497 e. The van der Waals surface area contributed by atoms with Crippen molar-refractivity contribution in [1.29, 1.82) is 0 Å². The third kappa shape index (κ3) is 9.57. The molecule has 3 aromatic rings. The van der Waals surface area contributed by atoms with Crippen molar-refractivity contribution < 1.29 is 36.9 Å². The molecule has 2 unspecified atom stereocenters. The van der Waals surface area contributed by atoms with E-state index in [1.54, 1.807) is 30.7 Å². The van der Waals surface area contributed by atoms with Gasteiger partial charge in [0, 0.05) is 57.3 Å². The Morgan fingerprint density at radius 1 is 1.02 bits per heavy atom. The molecule has 2 fully saturated rings. The summed E-state index contributed by atoms with van der Waals surface area (Å²) in [6.45, 7) is 10.3. The van der Waals surface area contributed by atoms with E-state index >= 15 is 0 Å². The van der Waals surface area contributed by atoms with Crippen LogP contribution in [-0.2, 0) is 35.6 Å². The van der Waals surface area contributed by atoms with Crippen molar-refractivity contribution in [3.8, 4) is 11.5 Å². The summed E-state index contributed by atoms with van der Waals surface area (Å²) in [5, 5.41) is 3.10. The van der Waals surface area contributed by atoms with Crippen molar-refractivity contribution in [2.75, 3.05) is 65.1 Å². The molecule has 54 heavy (non-hydrogen) atoms. The number of piperidine rings is 1. The molecule has 2 saturated heterocycles. The fraction of sp³-hybridized carbons (Fsp3) is 0.548. The van der Waals surface area contributed by atoms with Crippen molar-refractivity contribution in [1.82, 2.24) is 9.62 Å². The molecule has 294 valence electrons. The summed E-state index contributed by atoms with van der Waals surface area (Å²) in [6.07, 6.45) is 3.15. The van der Waals surface area contributed by atoms with Crippen LogP contribution >= 0.6 is 0 Å². The van der Waals surface area contributed by atoms with Gasteiger partial charge in [-0.05, 0) is 86.6 Å². The lowest BCUT2D eigenvalue weighted by atomic mass is 9.77. The van der Waals surface area contributed by atoms with Crippen LogP contribution in [0.2, 0.25) is 0 Å². The van der Waals surface area contributed by atoms with Crippen LogP contribution in [0.4, 0.5) is 5.69 Å². The second kappa shape index (κ2) is 17.8. The molecule has 3 aliphatic heterocycles. The lowest BCUT2D eigenvalue weighted by Gasteiger charge is -2.45. The van der Waals surface area contributed by atoms with Crippen molar-refractivity contribution in [3.05, 3.63) is 83.4 Å². The van der Waals surface area contributed by atoms with Crippen LogP contribution in [0.25, 0.3) is 0 Å². The Hall–Kier alpha value is -3.68. The quantitative estimate of drug-likeness (QED) is 0.173. The number of nitrogens with zero attached hydrogens (tertiary/aromatic N) is 2. The van der Waals surface area contributed by atoms with Gasteiger partial charge in [-0.1, -0.05) is 49.7 Å². The minimum atomic E-state index is -3.97. The highest BCUT2D eigenvalue weighted by Gasteiger charge is 2.46. The Morgan fingerprint density at radius 3 is 2.50 bits per heavy atom. The topological polar surface area (TPSA) is 116 Å². The van der Waals surface area contributed by atoms with Crippen LogP contribution in [0.15, 0.2) is 71.6 Å². The second-order valence-electron chi connectivity index (χ2n) is 15.4. The van der Waals surface area contributed by atoms with Crippen LogP contribution in [-0.4, -0.2) is 97.1 Å². The Kier molecular flexibility index (Phi) is 13.2. The molecule has 4 atom stereocenters. The maximum Gasteiger partial charge on any atom is 0.243 e. The number of nitrogens with one attached hydrogen (secondary N) is 1. The first-order chi connectivity index (χ1) is 26.0. The number of benzene rings is 3. The zero-order chi connectivity index (χ0) is 38.3. The lowest BCUT2D eigenvalue weighted by molar-refractivity contribution is -0.131. The molecule has 1 N–H and O–H groups in total. The number of rotatable bonds is 16. The number of methoxy groups -OCH3 is 2. The zero-order valence-corrected chi connectivity index (χ0v) is 33.2. The van der Waals surface area contributed by atoms with Gasteiger partial charge < -0.3 is 33.9 Å². The number of carbonyl (C=O) groups excluding carboxylic acids is 1. The van der Waals surface area contributed by atoms with Crippen LogP contribution in [0, 0.1) is 12.3 Å². The van der Waals surface area contributed by atoms with Gasteiger partial charge in [0.2, 0.25) is 15.9 Å². The maximum atomic E-state index is 14.6. The summed E-state index contributed by atoms with van der Waals surface area (Å²) in [5.41, 5.74) is 3.15. The van der Waals surface area contributed by atoms with E-state index < -0.39 is 27.6 Å². The van der Waals surface area contributed by atoms with Gasteiger partial charge >= 0.3 is 0 Å². The molecule has 0 radical (unpaired) electrons. The average molecular weight is 764 g/mol. The molecular weight excluding hydrogens is 707 g/mol. The summed E-state index contributed by atoms with van der Waals surface area (Å²) in [7, 11) is -0.611. The van der Waals surface area contributed by atoms with Gasteiger partial charge in [0.05, 0.1) is 43.1 Å². The molecule has 0 bridgehead atoms. The van der Waals surface area contributed by atoms with Gasteiger partial charge in [-0.25, -0.2) is 8.42 Å². The standard InChI is InChI=1S/C42H57N3O8S/c1-30-9-16-36(17-10-30)54(47,48)45-28-40(53-29-31-11-18-39-38(24-31)44(20-23-52-39)19-7-21-49-4)37(32-12-14-34(50-5)15-13-32)25-33(45)26-42(2,3)41(46)43-27-35-8-6-22-51-35/h9-18,24,33,35,37,40H,6-8,19-23,25-29H2,1-5H3,(H,43,46)/t33-,35?,37?,40-/m0/s1. The Labute approximate surface area is 321 Å². The molecule has 12 heteroatoms. The first-order valence-corrected chi connectivity index (χ1v) is 20.7. The molecule has 3 aliphatic rings. The van der Waals surface area contributed by atoms with Gasteiger partial charge in [0.15, 0.2) is 0 Å². The first-order valence-electron chi connectivity index (χ1n) is 19.2. The molecule has 1 amide bonds. The lowest BCUT2D eigenvalue weighted by Crippen LogP contribution is -2.54. The normalized spacial score (nSPS) is 22.1. The summed E-state index contributed by atoms with van der Waals surface area (Å²) in [6, 6.07) is 20.6. The summed E-state index contributed by atoms with van der Waals surface area (Å²) < 4.78 is 60.1. The number of hydrogen-bond donors (Lipinski definition) is 1. The first kappa shape index (κ1) is 40.0. The second-order valence-corrected chi connectivity index (χ2v) is 17.3. The molecule has 3 heterocycles. The molecule has 6 rings (SSSR count). The predicted molar refractivity (Wildman–Crippen MR) is 209 cm³/mol. The number of anilines is 1. The molecular formula is C42H57N3O8S. The summed E-state index contributed by atoms with van der Waals surface area (Å²) in [5.74, 6) is 1.32. The third-order valence-electron chi connectivity index (χ3n) is 11.0. The molecule has 0 spiro atoms. The van der Waals surface area contributed by atoms with E-state index in [9.17, 15) is 13.2 Å². The Bertz CT molecular complexity index is 1790. The number of ether oxygens (including phenoxy) is 5. The number of sulfonamides is 1. The highest BCUT2D eigenvalue weighted by molar-refractivity contribution is 7.89. The van der Waals surface area contributed by atoms with Gasteiger partial charge in [0.1, 0.15) is 18.1 Å². The van der Waals surface area contributed by atoms with E-state index in [0.717, 1.165) is 66.2 Å². The fourth-order valence-electron chi connectivity index (χ4n) is 7.89. The fourth-order valence-corrected chi connectivity index (χ4v) is 9.54. The molecule has 0 aliphatic carbocycles. The summed E-state index contributed by atoms with van der Waals surface area (Å²) >= 11 is 0. The average Bonchev–Trinajstić information content (AvgIpc) is 3.70. The van der Waals surface area contributed by atoms with Crippen molar-refractivity contribution in [2.45, 2.75) is 88.5 Å². The third-order valence-corrected chi connectivity index (χ3v) is 12.9. The predicted octanol–water partition coefficient (Wildman–Crippen LogP) is 6.08. The number of aryl methyl sites for hydroxylation is 1. The van der Waals surface area contributed by atoms with Crippen molar-refractivity contribution in [2.24, 2.45) is 5.41 Å². The number of carbonyl (C=O) groups is 1. The van der Waals surface area contributed by atoms with E-state index in [4.69, 9.17) is 23.7 Å². The van der Waals surface area contributed by atoms with Crippen molar-refractivity contribution >= 4 is 21.6 Å². The molecule has 11 nitrogen and oxygen atoms in total. The van der Waals surface area contributed by atoms with Gasteiger partial charge in [-0.15, -0.1) is 0 Å². The summed E-state index contributed by atoms with van der Waals surface area (Å²) in [4.78, 5) is 16.3. The SMILES string of the molecule is COCCCN1CCOc2ccc(CO[C@H]3CN(S(=O)(=O)c4ccc(C)cc4)[C@H](CC(C)(C)C(=O)NCC4CCCO4)CC3c3ccc(OC)cc3)cc21. The molecule has 0 saturated carbocycles. The number of amides is 1. The molecule has 3 aromatic carbocycles. The van der Waals surface area contributed by atoms with Crippen molar-refractivity contribution in [3.63, 3.8) is 0 Å². The largest absolute Gasteiger partial charge is 0.497 e.